The summed E-state index contributed by atoms with van der Waals surface area (Å²) < 4.78 is 0. The Hall–Kier alpha value is -1.84. The molecule has 2 rings (SSSR count). The standard InChI is InChI=1S/C17H23NO3/c1-11(2)9-15(17(20)21)18-16(19)14-8-7-12-5-3-4-6-13(12)10-14/h7-8,10-11,15H,3-6,9H2,1-2H3,(H,18,19)(H,20,21). The summed E-state index contributed by atoms with van der Waals surface area (Å²) in [5.74, 6) is -1.05. The normalized spacial score (nSPS) is 15.4. The first-order valence-electron chi connectivity index (χ1n) is 7.63. The topological polar surface area (TPSA) is 66.4 Å². The van der Waals surface area contributed by atoms with E-state index in [-0.39, 0.29) is 11.8 Å². The van der Waals surface area contributed by atoms with E-state index in [1.807, 2.05) is 26.0 Å². The van der Waals surface area contributed by atoms with Crippen molar-refractivity contribution in [3.63, 3.8) is 0 Å². The van der Waals surface area contributed by atoms with Gasteiger partial charge in [0.15, 0.2) is 0 Å². The Balaban J connectivity index is 2.10. The van der Waals surface area contributed by atoms with Crippen LogP contribution in [0.5, 0.6) is 0 Å². The number of hydrogen-bond donors (Lipinski definition) is 2. The van der Waals surface area contributed by atoms with Crippen LogP contribution in [0.1, 0.15) is 54.6 Å². The minimum Gasteiger partial charge on any atom is -0.480 e. The molecule has 0 saturated carbocycles. The molecule has 0 spiro atoms. The highest BCUT2D eigenvalue weighted by Gasteiger charge is 2.22. The van der Waals surface area contributed by atoms with Crippen molar-refractivity contribution in [3.8, 4) is 0 Å². The highest BCUT2D eigenvalue weighted by Crippen LogP contribution is 2.22. The Kier molecular flexibility index (Phi) is 4.99. The Morgan fingerprint density at radius 2 is 1.86 bits per heavy atom. The lowest BCUT2D eigenvalue weighted by molar-refractivity contribution is -0.139. The van der Waals surface area contributed by atoms with Gasteiger partial charge in [0, 0.05) is 5.56 Å². The first-order valence-corrected chi connectivity index (χ1v) is 7.63. The molecule has 1 aromatic carbocycles. The molecule has 4 heteroatoms. The highest BCUT2D eigenvalue weighted by atomic mass is 16.4. The third-order valence-corrected chi connectivity index (χ3v) is 3.92. The molecule has 0 aromatic heterocycles. The lowest BCUT2D eigenvalue weighted by Gasteiger charge is -2.19. The maximum Gasteiger partial charge on any atom is 0.326 e. The van der Waals surface area contributed by atoms with Crippen LogP contribution in [-0.2, 0) is 17.6 Å². The number of carboxylic acids is 1. The van der Waals surface area contributed by atoms with Gasteiger partial charge in [0.05, 0.1) is 0 Å². The first-order chi connectivity index (χ1) is 9.97. The summed E-state index contributed by atoms with van der Waals surface area (Å²) in [7, 11) is 0. The summed E-state index contributed by atoms with van der Waals surface area (Å²) >= 11 is 0. The highest BCUT2D eigenvalue weighted by molar-refractivity contribution is 5.96. The average Bonchev–Trinajstić information content (AvgIpc) is 2.45. The van der Waals surface area contributed by atoms with Crippen molar-refractivity contribution in [3.05, 3.63) is 34.9 Å². The van der Waals surface area contributed by atoms with Gasteiger partial charge in [0.25, 0.3) is 5.91 Å². The number of nitrogens with one attached hydrogen (secondary N) is 1. The summed E-state index contributed by atoms with van der Waals surface area (Å²) in [6.07, 6.45) is 4.87. The van der Waals surface area contributed by atoms with Gasteiger partial charge in [-0.2, -0.15) is 0 Å². The van der Waals surface area contributed by atoms with E-state index in [1.165, 1.54) is 17.5 Å². The molecule has 0 bridgehead atoms. The molecule has 0 saturated heterocycles. The van der Waals surface area contributed by atoms with Crippen molar-refractivity contribution in [2.75, 3.05) is 0 Å². The van der Waals surface area contributed by atoms with Gasteiger partial charge in [-0.15, -0.1) is 0 Å². The van der Waals surface area contributed by atoms with Crippen LogP contribution in [0.3, 0.4) is 0 Å². The number of amides is 1. The molecule has 2 N–H and O–H groups in total. The van der Waals surface area contributed by atoms with E-state index in [1.54, 1.807) is 6.07 Å². The summed E-state index contributed by atoms with van der Waals surface area (Å²) in [6, 6.07) is 4.89. The van der Waals surface area contributed by atoms with Crippen LogP contribution in [-0.4, -0.2) is 23.0 Å². The van der Waals surface area contributed by atoms with Crippen LogP contribution >= 0.6 is 0 Å². The molecular weight excluding hydrogens is 266 g/mol. The van der Waals surface area contributed by atoms with Crippen molar-refractivity contribution < 1.29 is 14.7 Å². The molecule has 21 heavy (non-hydrogen) atoms. The zero-order valence-electron chi connectivity index (χ0n) is 12.7. The molecule has 1 aliphatic carbocycles. The molecule has 1 aliphatic rings. The van der Waals surface area contributed by atoms with Crippen LogP contribution in [0.4, 0.5) is 0 Å². The SMILES string of the molecule is CC(C)CC(NC(=O)c1ccc2c(c1)CCCC2)C(=O)O. The minimum atomic E-state index is -0.977. The molecule has 0 radical (unpaired) electrons. The van der Waals surface area contributed by atoms with Crippen LogP contribution < -0.4 is 5.32 Å². The molecule has 1 aromatic rings. The summed E-state index contributed by atoms with van der Waals surface area (Å²) in [6.45, 7) is 3.89. The fourth-order valence-corrected chi connectivity index (χ4v) is 2.81. The number of rotatable bonds is 5. The smallest absolute Gasteiger partial charge is 0.326 e. The van der Waals surface area contributed by atoms with Crippen molar-refractivity contribution >= 4 is 11.9 Å². The number of aliphatic carboxylic acids is 1. The van der Waals surface area contributed by atoms with E-state index in [4.69, 9.17) is 0 Å². The Morgan fingerprint density at radius 3 is 2.48 bits per heavy atom. The van der Waals surface area contributed by atoms with Crippen LogP contribution in [0.15, 0.2) is 18.2 Å². The third-order valence-electron chi connectivity index (χ3n) is 3.92. The second-order valence-corrected chi connectivity index (χ2v) is 6.18. The van der Waals surface area contributed by atoms with E-state index >= 15 is 0 Å². The van der Waals surface area contributed by atoms with Crippen molar-refractivity contribution in [1.29, 1.82) is 0 Å². The van der Waals surface area contributed by atoms with Gasteiger partial charge >= 0.3 is 5.97 Å². The average molecular weight is 289 g/mol. The Morgan fingerprint density at radius 1 is 1.19 bits per heavy atom. The number of aryl methyl sites for hydroxylation is 2. The van der Waals surface area contributed by atoms with Crippen molar-refractivity contribution in [2.24, 2.45) is 5.92 Å². The number of benzene rings is 1. The molecule has 4 nitrogen and oxygen atoms in total. The number of carbonyl (C=O) groups is 2. The second-order valence-electron chi connectivity index (χ2n) is 6.18. The molecule has 0 aliphatic heterocycles. The fourth-order valence-electron chi connectivity index (χ4n) is 2.81. The first kappa shape index (κ1) is 15.5. The molecule has 1 atom stereocenters. The maximum absolute atomic E-state index is 12.3. The lowest BCUT2D eigenvalue weighted by atomic mass is 9.90. The molecule has 1 amide bonds. The van der Waals surface area contributed by atoms with Crippen LogP contribution in [0, 0.1) is 5.92 Å². The number of carbonyl (C=O) groups excluding carboxylic acids is 1. The van der Waals surface area contributed by atoms with Crippen LogP contribution in [0.25, 0.3) is 0 Å². The third kappa shape index (κ3) is 4.06. The fraction of sp³-hybridized carbons (Fsp3) is 0.529. The predicted molar refractivity (Wildman–Crippen MR) is 81.4 cm³/mol. The van der Waals surface area contributed by atoms with E-state index in [0.717, 1.165) is 19.3 Å². The van der Waals surface area contributed by atoms with Crippen molar-refractivity contribution in [1.82, 2.24) is 5.32 Å². The Labute approximate surface area is 125 Å². The number of carboxylic acid groups (broad SMARTS) is 1. The molecule has 114 valence electrons. The summed E-state index contributed by atoms with van der Waals surface area (Å²) in [5.41, 5.74) is 3.10. The van der Waals surface area contributed by atoms with Gasteiger partial charge in [0.1, 0.15) is 6.04 Å². The zero-order valence-corrected chi connectivity index (χ0v) is 12.7. The minimum absolute atomic E-state index is 0.218. The van der Waals surface area contributed by atoms with Gasteiger partial charge in [-0.3, -0.25) is 4.79 Å². The quantitative estimate of drug-likeness (QED) is 0.876. The molecule has 0 heterocycles. The monoisotopic (exact) mass is 289 g/mol. The summed E-state index contributed by atoms with van der Waals surface area (Å²) in [5, 5.41) is 11.8. The second kappa shape index (κ2) is 6.74. The largest absolute Gasteiger partial charge is 0.480 e. The van der Waals surface area contributed by atoms with Gasteiger partial charge in [-0.25, -0.2) is 4.79 Å². The van der Waals surface area contributed by atoms with Gasteiger partial charge < -0.3 is 10.4 Å². The predicted octanol–water partition coefficient (Wildman–Crippen LogP) is 2.79. The Bertz CT molecular complexity index is 537. The maximum atomic E-state index is 12.3. The van der Waals surface area contributed by atoms with Crippen molar-refractivity contribution in [2.45, 2.75) is 52.0 Å². The van der Waals surface area contributed by atoms with E-state index in [2.05, 4.69) is 5.32 Å². The molecule has 0 fully saturated rings. The van der Waals surface area contributed by atoms with Gasteiger partial charge in [0.2, 0.25) is 0 Å². The number of hydrogen-bond acceptors (Lipinski definition) is 2. The summed E-state index contributed by atoms with van der Waals surface area (Å²) in [4.78, 5) is 23.5. The van der Waals surface area contributed by atoms with Crippen LogP contribution in [0.2, 0.25) is 0 Å². The molecular formula is C17H23NO3. The zero-order chi connectivity index (χ0) is 15.4. The van der Waals surface area contributed by atoms with Gasteiger partial charge in [-0.05, 0) is 61.3 Å². The lowest BCUT2D eigenvalue weighted by Crippen LogP contribution is -2.41. The number of fused-ring (bicyclic) bond motifs is 1. The van der Waals surface area contributed by atoms with E-state index in [9.17, 15) is 14.7 Å². The molecule has 1 unspecified atom stereocenters. The van der Waals surface area contributed by atoms with Gasteiger partial charge in [-0.1, -0.05) is 19.9 Å². The van der Waals surface area contributed by atoms with E-state index in [0.29, 0.717) is 12.0 Å². The van der Waals surface area contributed by atoms with E-state index < -0.39 is 12.0 Å².